The number of carbonyl (C=O) groups excluding carboxylic acids is 1. The number of aromatic nitrogens is 2. The van der Waals surface area contributed by atoms with Crippen LogP contribution in [0.2, 0.25) is 0 Å². The zero-order chi connectivity index (χ0) is 13.7. The van der Waals surface area contributed by atoms with E-state index in [0.29, 0.717) is 13.1 Å². The van der Waals surface area contributed by atoms with Crippen molar-refractivity contribution >= 4 is 17.1 Å². The number of rotatable bonds is 5. The average Bonchev–Trinajstić information content (AvgIpc) is 2.74. The summed E-state index contributed by atoms with van der Waals surface area (Å²) in [5.74, 6) is 0.983. The Bertz CT molecular complexity index is 562. The molecule has 0 saturated carbocycles. The van der Waals surface area contributed by atoms with Gasteiger partial charge in [0.1, 0.15) is 5.82 Å². The van der Waals surface area contributed by atoms with Gasteiger partial charge in [0.15, 0.2) is 0 Å². The lowest BCUT2D eigenvalue weighted by molar-refractivity contribution is 0.241. The summed E-state index contributed by atoms with van der Waals surface area (Å²) in [5, 5.41) is 5.62. The number of hydrogen-bond acceptors (Lipinski definition) is 2. The molecule has 0 spiro atoms. The predicted molar refractivity (Wildman–Crippen MR) is 76.1 cm³/mol. The van der Waals surface area contributed by atoms with Crippen molar-refractivity contribution in [1.29, 1.82) is 0 Å². The molecule has 0 aliphatic carbocycles. The Hall–Kier alpha value is -2.04. The lowest BCUT2D eigenvalue weighted by Crippen LogP contribution is -2.37. The van der Waals surface area contributed by atoms with Crippen LogP contribution in [0.15, 0.2) is 24.3 Å². The highest BCUT2D eigenvalue weighted by Gasteiger charge is 2.07. The molecule has 2 N–H and O–H groups in total. The zero-order valence-electron chi connectivity index (χ0n) is 11.4. The van der Waals surface area contributed by atoms with E-state index in [1.54, 1.807) is 0 Å². The van der Waals surface area contributed by atoms with E-state index in [9.17, 15) is 4.79 Å². The topological polar surface area (TPSA) is 59.0 Å². The van der Waals surface area contributed by atoms with Crippen molar-refractivity contribution < 1.29 is 4.79 Å². The van der Waals surface area contributed by atoms with E-state index in [4.69, 9.17) is 0 Å². The number of benzene rings is 1. The fourth-order valence-electron chi connectivity index (χ4n) is 2.01. The number of aryl methyl sites for hydroxylation is 1. The van der Waals surface area contributed by atoms with E-state index in [0.717, 1.165) is 29.7 Å². The molecule has 0 radical (unpaired) electrons. The second-order valence-electron chi connectivity index (χ2n) is 4.51. The summed E-state index contributed by atoms with van der Waals surface area (Å²) in [5.41, 5.74) is 2.11. The molecule has 0 unspecified atom stereocenters. The maximum Gasteiger partial charge on any atom is 0.314 e. The molecule has 19 heavy (non-hydrogen) atoms. The second kappa shape index (κ2) is 6.22. The first-order valence-electron chi connectivity index (χ1n) is 6.64. The Kier molecular flexibility index (Phi) is 4.39. The monoisotopic (exact) mass is 260 g/mol. The number of para-hydroxylation sites is 2. The van der Waals surface area contributed by atoms with Gasteiger partial charge in [-0.1, -0.05) is 19.1 Å². The van der Waals surface area contributed by atoms with Crippen molar-refractivity contribution in [2.24, 2.45) is 7.05 Å². The van der Waals surface area contributed by atoms with Crippen LogP contribution in [0.5, 0.6) is 0 Å². The van der Waals surface area contributed by atoms with E-state index < -0.39 is 0 Å². The Morgan fingerprint density at radius 2 is 2.00 bits per heavy atom. The molecular weight excluding hydrogens is 240 g/mol. The van der Waals surface area contributed by atoms with E-state index in [1.165, 1.54) is 0 Å². The van der Waals surface area contributed by atoms with Crippen molar-refractivity contribution in [1.82, 2.24) is 20.2 Å². The minimum atomic E-state index is -0.111. The highest BCUT2D eigenvalue weighted by atomic mass is 16.2. The Morgan fingerprint density at radius 1 is 1.26 bits per heavy atom. The summed E-state index contributed by atoms with van der Waals surface area (Å²) < 4.78 is 2.07. The summed E-state index contributed by atoms with van der Waals surface area (Å²) in [6.45, 7) is 3.32. The first-order valence-corrected chi connectivity index (χ1v) is 6.64. The molecule has 2 rings (SSSR count). The highest BCUT2D eigenvalue weighted by molar-refractivity contribution is 5.76. The molecule has 1 aromatic heterocycles. The van der Waals surface area contributed by atoms with Crippen molar-refractivity contribution in [3.05, 3.63) is 30.1 Å². The smallest absolute Gasteiger partial charge is 0.314 e. The van der Waals surface area contributed by atoms with Gasteiger partial charge in [-0.3, -0.25) is 0 Å². The van der Waals surface area contributed by atoms with Gasteiger partial charge in [0.25, 0.3) is 0 Å². The summed E-state index contributed by atoms with van der Waals surface area (Å²) >= 11 is 0. The lowest BCUT2D eigenvalue weighted by atomic mass is 10.3. The third-order valence-electron chi connectivity index (χ3n) is 3.05. The fourth-order valence-corrected chi connectivity index (χ4v) is 2.01. The quantitative estimate of drug-likeness (QED) is 0.861. The van der Waals surface area contributed by atoms with Gasteiger partial charge >= 0.3 is 6.03 Å². The Morgan fingerprint density at radius 3 is 2.74 bits per heavy atom. The summed E-state index contributed by atoms with van der Waals surface area (Å²) in [7, 11) is 2.00. The molecule has 102 valence electrons. The minimum Gasteiger partial charge on any atom is -0.338 e. The first-order chi connectivity index (χ1) is 9.22. The van der Waals surface area contributed by atoms with Gasteiger partial charge in [-0.15, -0.1) is 0 Å². The number of imidazole rings is 1. The molecule has 2 aromatic rings. The molecule has 0 aliphatic heterocycles. The Balaban J connectivity index is 1.91. The SMILES string of the molecule is CCCNC(=O)NCCc1nc2ccccc2n1C. The van der Waals surface area contributed by atoms with Crippen LogP contribution in [0.1, 0.15) is 19.2 Å². The number of nitrogens with zero attached hydrogens (tertiary/aromatic N) is 2. The number of fused-ring (bicyclic) bond motifs is 1. The maximum atomic E-state index is 11.4. The summed E-state index contributed by atoms with van der Waals surface area (Å²) in [6, 6.07) is 7.92. The van der Waals surface area contributed by atoms with Crippen LogP contribution in [-0.2, 0) is 13.5 Å². The third kappa shape index (κ3) is 3.24. The standard InChI is InChI=1S/C14H20N4O/c1-3-9-15-14(19)16-10-8-13-17-11-6-4-5-7-12(11)18(13)2/h4-7H,3,8-10H2,1-2H3,(H2,15,16,19). The number of hydrogen-bond donors (Lipinski definition) is 2. The Labute approximate surface area is 113 Å². The van der Waals surface area contributed by atoms with Crippen LogP contribution in [-0.4, -0.2) is 28.7 Å². The number of urea groups is 1. The van der Waals surface area contributed by atoms with E-state index in [1.807, 2.05) is 38.2 Å². The van der Waals surface area contributed by atoms with Gasteiger partial charge in [-0.05, 0) is 18.6 Å². The van der Waals surface area contributed by atoms with Gasteiger partial charge in [-0.2, -0.15) is 0 Å². The van der Waals surface area contributed by atoms with Crippen molar-refractivity contribution in [2.45, 2.75) is 19.8 Å². The molecule has 5 nitrogen and oxygen atoms in total. The first kappa shape index (κ1) is 13.4. The maximum absolute atomic E-state index is 11.4. The van der Waals surface area contributed by atoms with Gasteiger partial charge < -0.3 is 15.2 Å². The predicted octanol–water partition coefficient (Wildman–Crippen LogP) is 1.82. The molecule has 1 heterocycles. The summed E-state index contributed by atoms with van der Waals surface area (Å²) in [4.78, 5) is 16.0. The zero-order valence-corrected chi connectivity index (χ0v) is 11.4. The van der Waals surface area contributed by atoms with Crippen LogP contribution in [0.4, 0.5) is 4.79 Å². The van der Waals surface area contributed by atoms with Crippen molar-refractivity contribution in [2.75, 3.05) is 13.1 Å². The number of amides is 2. The average molecular weight is 260 g/mol. The van der Waals surface area contributed by atoms with Crippen molar-refractivity contribution in [3.8, 4) is 0 Å². The van der Waals surface area contributed by atoms with Crippen LogP contribution < -0.4 is 10.6 Å². The molecule has 5 heteroatoms. The molecule has 0 fully saturated rings. The third-order valence-corrected chi connectivity index (χ3v) is 3.05. The van der Waals surface area contributed by atoms with Gasteiger partial charge in [-0.25, -0.2) is 9.78 Å². The molecule has 1 aromatic carbocycles. The molecule has 2 amide bonds. The van der Waals surface area contributed by atoms with Crippen LogP contribution >= 0.6 is 0 Å². The van der Waals surface area contributed by atoms with Crippen LogP contribution in [0, 0.1) is 0 Å². The molecule has 0 bridgehead atoms. The second-order valence-corrected chi connectivity index (χ2v) is 4.51. The van der Waals surface area contributed by atoms with Crippen molar-refractivity contribution in [3.63, 3.8) is 0 Å². The number of nitrogens with one attached hydrogen (secondary N) is 2. The molecular formula is C14H20N4O. The van der Waals surface area contributed by atoms with Crippen LogP contribution in [0.3, 0.4) is 0 Å². The van der Waals surface area contributed by atoms with Gasteiger partial charge in [0.2, 0.25) is 0 Å². The van der Waals surface area contributed by atoms with Gasteiger partial charge in [0.05, 0.1) is 11.0 Å². The van der Waals surface area contributed by atoms with E-state index in [-0.39, 0.29) is 6.03 Å². The minimum absolute atomic E-state index is 0.111. The molecule has 0 saturated heterocycles. The fraction of sp³-hybridized carbons (Fsp3) is 0.429. The van der Waals surface area contributed by atoms with Crippen LogP contribution in [0.25, 0.3) is 11.0 Å². The van der Waals surface area contributed by atoms with Gasteiger partial charge in [0, 0.05) is 26.6 Å². The molecule has 0 atom stereocenters. The normalized spacial score (nSPS) is 10.6. The van der Waals surface area contributed by atoms with E-state index >= 15 is 0 Å². The highest BCUT2D eigenvalue weighted by Crippen LogP contribution is 2.14. The van der Waals surface area contributed by atoms with E-state index in [2.05, 4.69) is 20.2 Å². The number of carbonyl (C=O) groups is 1. The lowest BCUT2D eigenvalue weighted by Gasteiger charge is -2.06. The summed E-state index contributed by atoms with van der Waals surface area (Å²) in [6.07, 6.45) is 1.67. The largest absolute Gasteiger partial charge is 0.338 e. The molecule has 0 aliphatic rings.